The first kappa shape index (κ1) is 14.0. The Bertz CT molecular complexity index is 589. The molecule has 2 aromatic rings. The zero-order valence-corrected chi connectivity index (χ0v) is 11.8. The van der Waals surface area contributed by atoms with Gasteiger partial charge in [-0.25, -0.2) is 9.97 Å². The van der Waals surface area contributed by atoms with Crippen molar-refractivity contribution < 1.29 is 9.53 Å². The summed E-state index contributed by atoms with van der Waals surface area (Å²) in [5.41, 5.74) is 2.92. The Hall–Kier alpha value is -2.43. The number of aryl methyl sites for hydroxylation is 2. The number of nitrogens with zero attached hydrogens (tertiary/aromatic N) is 2. The van der Waals surface area contributed by atoms with Crippen LogP contribution in [-0.4, -0.2) is 23.0 Å². The van der Waals surface area contributed by atoms with E-state index < -0.39 is 0 Å². The Morgan fingerprint density at radius 1 is 1.15 bits per heavy atom. The molecule has 0 aliphatic rings. The van der Waals surface area contributed by atoms with Crippen molar-refractivity contribution in [2.75, 3.05) is 7.11 Å². The molecule has 1 heterocycles. The molecule has 0 unspecified atom stereocenters. The molecule has 1 amide bonds. The summed E-state index contributed by atoms with van der Waals surface area (Å²) >= 11 is 0. The number of carbonyl (C=O) groups is 1. The minimum atomic E-state index is -0.156. The van der Waals surface area contributed by atoms with Gasteiger partial charge in [-0.3, -0.25) is 4.79 Å². The fourth-order valence-corrected chi connectivity index (χ4v) is 1.94. The summed E-state index contributed by atoms with van der Waals surface area (Å²) in [6.07, 6.45) is 1.46. The monoisotopic (exact) mass is 271 g/mol. The van der Waals surface area contributed by atoms with E-state index >= 15 is 0 Å². The van der Waals surface area contributed by atoms with Crippen LogP contribution in [0.15, 0.2) is 30.6 Å². The molecule has 2 rings (SSSR count). The Kier molecular flexibility index (Phi) is 4.30. The van der Waals surface area contributed by atoms with Gasteiger partial charge in [-0.1, -0.05) is 12.1 Å². The lowest BCUT2D eigenvalue weighted by atomic mass is 10.1. The summed E-state index contributed by atoms with van der Waals surface area (Å²) in [6.45, 7) is 4.06. The van der Waals surface area contributed by atoms with Crippen molar-refractivity contribution in [3.8, 4) is 5.75 Å². The average molecular weight is 271 g/mol. The standard InChI is InChI=1S/C15H17N3O2/c1-10-14(11(2)18-9-17-10)15(19)16-8-12-4-6-13(20-3)7-5-12/h4-7,9H,8H2,1-3H3,(H,16,19). The molecule has 1 aromatic heterocycles. The van der Waals surface area contributed by atoms with Crippen LogP contribution >= 0.6 is 0 Å². The Balaban J connectivity index is 2.05. The highest BCUT2D eigenvalue weighted by Gasteiger charge is 2.13. The third-order valence-corrected chi connectivity index (χ3v) is 3.07. The predicted molar refractivity (Wildman–Crippen MR) is 75.7 cm³/mol. The summed E-state index contributed by atoms with van der Waals surface area (Å²) in [5, 5.41) is 2.87. The highest BCUT2D eigenvalue weighted by atomic mass is 16.5. The van der Waals surface area contributed by atoms with Crippen LogP contribution in [0.5, 0.6) is 5.75 Å². The minimum absolute atomic E-state index is 0.156. The maximum absolute atomic E-state index is 12.2. The van der Waals surface area contributed by atoms with Crippen LogP contribution in [0.4, 0.5) is 0 Å². The van der Waals surface area contributed by atoms with Crippen LogP contribution in [0.3, 0.4) is 0 Å². The zero-order chi connectivity index (χ0) is 14.5. The Morgan fingerprint density at radius 2 is 1.75 bits per heavy atom. The molecule has 5 nitrogen and oxygen atoms in total. The van der Waals surface area contributed by atoms with Gasteiger partial charge in [0.25, 0.3) is 5.91 Å². The smallest absolute Gasteiger partial charge is 0.255 e. The molecule has 0 saturated carbocycles. The lowest BCUT2D eigenvalue weighted by Gasteiger charge is -2.09. The van der Waals surface area contributed by atoms with Gasteiger partial charge in [-0.2, -0.15) is 0 Å². The molecule has 5 heteroatoms. The summed E-state index contributed by atoms with van der Waals surface area (Å²) in [4.78, 5) is 20.3. The molecule has 0 bridgehead atoms. The number of aromatic nitrogens is 2. The fraction of sp³-hybridized carbons (Fsp3) is 0.267. The molecule has 0 saturated heterocycles. The second kappa shape index (κ2) is 6.14. The summed E-state index contributed by atoms with van der Waals surface area (Å²) in [7, 11) is 1.62. The second-order valence-electron chi connectivity index (χ2n) is 4.45. The maximum atomic E-state index is 12.2. The normalized spacial score (nSPS) is 10.2. The number of nitrogens with one attached hydrogen (secondary N) is 1. The SMILES string of the molecule is COc1ccc(CNC(=O)c2c(C)ncnc2C)cc1. The van der Waals surface area contributed by atoms with E-state index in [-0.39, 0.29) is 5.91 Å². The van der Waals surface area contributed by atoms with Gasteiger partial charge in [0.05, 0.1) is 24.1 Å². The minimum Gasteiger partial charge on any atom is -0.497 e. The molecule has 0 aliphatic heterocycles. The van der Waals surface area contributed by atoms with Crippen LogP contribution in [0.25, 0.3) is 0 Å². The maximum Gasteiger partial charge on any atom is 0.255 e. The molecule has 1 N–H and O–H groups in total. The summed E-state index contributed by atoms with van der Waals surface area (Å²) in [5.74, 6) is 0.639. The van der Waals surface area contributed by atoms with E-state index in [1.807, 2.05) is 24.3 Å². The van der Waals surface area contributed by atoms with Gasteiger partial charge in [-0.15, -0.1) is 0 Å². The summed E-state index contributed by atoms with van der Waals surface area (Å²) in [6, 6.07) is 7.56. The fourth-order valence-electron chi connectivity index (χ4n) is 1.94. The van der Waals surface area contributed by atoms with Crippen molar-refractivity contribution in [3.05, 3.63) is 53.1 Å². The van der Waals surface area contributed by atoms with E-state index in [1.54, 1.807) is 21.0 Å². The van der Waals surface area contributed by atoms with Gasteiger partial charge in [0.2, 0.25) is 0 Å². The molecular weight excluding hydrogens is 254 g/mol. The van der Waals surface area contributed by atoms with Crippen LogP contribution in [0.2, 0.25) is 0 Å². The third-order valence-electron chi connectivity index (χ3n) is 3.07. The summed E-state index contributed by atoms with van der Waals surface area (Å²) < 4.78 is 5.09. The first-order valence-electron chi connectivity index (χ1n) is 6.31. The highest BCUT2D eigenvalue weighted by molar-refractivity contribution is 5.96. The van der Waals surface area contributed by atoms with Crippen molar-refractivity contribution in [2.24, 2.45) is 0 Å². The van der Waals surface area contributed by atoms with Crippen LogP contribution in [0, 0.1) is 13.8 Å². The molecule has 20 heavy (non-hydrogen) atoms. The van der Waals surface area contributed by atoms with E-state index in [4.69, 9.17) is 4.74 Å². The zero-order valence-electron chi connectivity index (χ0n) is 11.8. The Morgan fingerprint density at radius 3 is 2.30 bits per heavy atom. The number of carbonyl (C=O) groups excluding carboxylic acids is 1. The second-order valence-corrected chi connectivity index (χ2v) is 4.45. The number of amides is 1. The van der Waals surface area contributed by atoms with Crippen molar-refractivity contribution >= 4 is 5.91 Å². The topological polar surface area (TPSA) is 64.1 Å². The lowest BCUT2D eigenvalue weighted by molar-refractivity contribution is 0.0948. The van der Waals surface area contributed by atoms with Gasteiger partial charge in [0.15, 0.2) is 0 Å². The van der Waals surface area contributed by atoms with Crippen LogP contribution in [-0.2, 0) is 6.54 Å². The number of ether oxygens (including phenoxy) is 1. The number of methoxy groups -OCH3 is 1. The Labute approximate surface area is 118 Å². The highest BCUT2D eigenvalue weighted by Crippen LogP contribution is 2.12. The first-order chi connectivity index (χ1) is 9.61. The van der Waals surface area contributed by atoms with Gasteiger partial charge in [0.1, 0.15) is 12.1 Å². The molecular formula is C15H17N3O2. The first-order valence-corrected chi connectivity index (χ1v) is 6.31. The van der Waals surface area contributed by atoms with Crippen LogP contribution < -0.4 is 10.1 Å². The van der Waals surface area contributed by atoms with Gasteiger partial charge in [-0.05, 0) is 31.5 Å². The van der Waals surface area contributed by atoms with Crippen molar-refractivity contribution in [1.82, 2.24) is 15.3 Å². The molecule has 0 spiro atoms. The van der Waals surface area contributed by atoms with Crippen molar-refractivity contribution in [3.63, 3.8) is 0 Å². The quantitative estimate of drug-likeness (QED) is 0.924. The number of benzene rings is 1. The van der Waals surface area contributed by atoms with Crippen molar-refractivity contribution in [2.45, 2.75) is 20.4 Å². The van der Waals surface area contributed by atoms with Gasteiger partial charge in [0, 0.05) is 6.54 Å². The predicted octanol–water partition coefficient (Wildman–Crippen LogP) is 2.03. The number of hydrogen-bond donors (Lipinski definition) is 1. The third kappa shape index (κ3) is 3.12. The lowest BCUT2D eigenvalue weighted by Crippen LogP contribution is -2.25. The van der Waals surface area contributed by atoms with Gasteiger partial charge < -0.3 is 10.1 Å². The number of hydrogen-bond acceptors (Lipinski definition) is 4. The van der Waals surface area contributed by atoms with E-state index in [0.717, 1.165) is 11.3 Å². The van der Waals surface area contributed by atoms with E-state index in [1.165, 1.54) is 6.33 Å². The van der Waals surface area contributed by atoms with Crippen molar-refractivity contribution in [1.29, 1.82) is 0 Å². The average Bonchev–Trinajstić information content (AvgIpc) is 2.45. The van der Waals surface area contributed by atoms with E-state index in [9.17, 15) is 4.79 Å². The molecule has 0 atom stereocenters. The van der Waals surface area contributed by atoms with E-state index in [0.29, 0.717) is 23.5 Å². The largest absolute Gasteiger partial charge is 0.497 e. The molecule has 0 radical (unpaired) electrons. The molecule has 1 aromatic carbocycles. The number of rotatable bonds is 4. The molecule has 0 aliphatic carbocycles. The van der Waals surface area contributed by atoms with Crippen LogP contribution in [0.1, 0.15) is 27.3 Å². The molecule has 104 valence electrons. The van der Waals surface area contributed by atoms with Gasteiger partial charge >= 0.3 is 0 Å². The molecule has 0 fully saturated rings. The van der Waals surface area contributed by atoms with E-state index in [2.05, 4.69) is 15.3 Å².